The standard InChI is InChI=1S/C14H26O4/c1-9(2)12-6-5-10(3)7-13(12)18-14(16)17-8-11(4)15/h9-13,15H,5-8H2,1-4H3/t10-,11+,12+,13-/m1/s1. The number of hydrogen-bond donors (Lipinski definition) is 1. The van der Waals surface area contributed by atoms with E-state index in [2.05, 4.69) is 20.8 Å². The van der Waals surface area contributed by atoms with Crippen LogP contribution in [0.25, 0.3) is 0 Å². The van der Waals surface area contributed by atoms with Gasteiger partial charge in [-0.1, -0.05) is 27.2 Å². The molecule has 0 aromatic carbocycles. The van der Waals surface area contributed by atoms with E-state index >= 15 is 0 Å². The predicted molar refractivity (Wildman–Crippen MR) is 69.2 cm³/mol. The summed E-state index contributed by atoms with van der Waals surface area (Å²) in [5.74, 6) is 1.52. The van der Waals surface area contributed by atoms with Crippen LogP contribution < -0.4 is 0 Å². The first-order chi connectivity index (χ1) is 8.40. The van der Waals surface area contributed by atoms with E-state index in [0.717, 1.165) is 12.8 Å². The minimum absolute atomic E-state index is 0.00650. The van der Waals surface area contributed by atoms with Gasteiger partial charge in [-0.25, -0.2) is 4.79 Å². The first kappa shape index (κ1) is 15.3. The van der Waals surface area contributed by atoms with Crippen molar-refractivity contribution in [1.29, 1.82) is 0 Å². The number of ether oxygens (including phenoxy) is 2. The average Bonchev–Trinajstić information content (AvgIpc) is 2.26. The second-order valence-electron chi connectivity index (χ2n) is 5.89. The summed E-state index contributed by atoms with van der Waals surface area (Å²) in [5.41, 5.74) is 0. The summed E-state index contributed by atoms with van der Waals surface area (Å²) in [4.78, 5) is 11.5. The molecule has 1 N–H and O–H groups in total. The molecule has 4 atom stereocenters. The van der Waals surface area contributed by atoms with E-state index in [1.165, 1.54) is 6.42 Å². The van der Waals surface area contributed by atoms with Gasteiger partial charge in [0.05, 0.1) is 6.10 Å². The third-order valence-corrected chi connectivity index (χ3v) is 3.65. The Morgan fingerprint density at radius 1 is 1.33 bits per heavy atom. The van der Waals surface area contributed by atoms with Crippen molar-refractivity contribution in [3.63, 3.8) is 0 Å². The Labute approximate surface area is 110 Å². The topological polar surface area (TPSA) is 55.8 Å². The van der Waals surface area contributed by atoms with E-state index in [1.807, 2.05) is 0 Å². The Morgan fingerprint density at radius 2 is 2.00 bits per heavy atom. The lowest BCUT2D eigenvalue weighted by molar-refractivity contribution is -0.0412. The molecule has 4 nitrogen and oxygen atoms in total. The van der Waals surface area contributed by atoms with Crippen LogP contribution in [0.2, 0.25) is 0 Å². The Kier molecular flexibility index (Phi) is 5.93. The van der Waals surface area contributed by atoms with Crippen LogP contribution in [0, 0.1) is 17.8 Å². The quantitative estimate of drug-likeness (QED) is 0.788. The van der Waals surface area contributed by atoms with E-state index < -0.39 is 12.3 Å². The second kappa shape index (κ2) is 6.98. The molecule has 1 aliphatic rings. The van der Waals surface area contributed by atoms with Gasteiger partial charge in [0.2, 0.25) is 0 Å². The molecule has 0 saturated heterocycles. The van der Waals surface area contributed by atoms with Gasteiger partial charge in [0, 0.05) is 0 Å². The minimum atomic E-state index is -0.652. The number of aliphatic hydroxyl groups is 1. The number of rotatable bonds is 4. The summed E-state index contributed by atoms with van der Waals surface area (Å²) in [7, 11) is 0. The maximum atomic E-state index is 11.5. The third kappa shape index (κ3) is 4.84. The zero-order chi connectivity index (χ0) is 13.7. The lowest BCUT2D eigenvalue weighted by Gasteiger charge is -2.36. The van der Waals surface area contributed by atoms with Gasteiger partial charge in [-0.3, -0.25) is 0 Å². The van der Waals surface area contributed by atoms with E-state index in [9.17, 15) is 4.79 Å². The monoisotopic (exact) mass is 258 g/mol. The van der Waals surface area contributed by atoms with E-state index in [-0.39, 0.29) is 12.7 Å². The normalized spacial score (nSPS) is 30.0. The largest absolute Gasteiger partial charge is 0.508 e. The van der Waals surface area contributed by atoms with Gasteiger partial charge in [-0.05, 0) is 37.5 Å². The van der Waals surface area contributed by atoms with Gasteiger partial charge < -0.3 is 14.6 Å². The molecule has 1 rings (SSSR count). The molecule has 106 valence electrons. The Morgan fingerprint density at radius 3 is 2.56 bits per heavy atom. The van der Waals surface area contributed by atoms with Crippen LogP contribution in [0.1, 0.15) is 47.0 Å². The fourth-order valence-electron chi connectivity index (χ4n) is 2.60. The van der Waals surface area contributed by atoms with Crippen molar-refractivity contribution in [2.24, 2.45) is 17.8 Å². The number of hydrogen-bond acceptors (Lipinski definition) is 4. The molecule has 18 heavy (non-hydrogen) atoms. The van der Waals surface area contributed by atoms with Crippen molar-refractivity contribution < 1.29 is 19.4 Å². The van der Waals surface area contributed by atoms with E-state index in [1.54, 1.807) is 6.92 Å². The van der Waals surface area contributed by atoms with Crippen LogP contribution in [-0.2, 0) is 9.47 Å². The predicted octanol–water partition coefficient (Wildman–Crippen LogP) is 2.98. The fourth-order valence-corrected chi connectivity index (χ4v) is 2.60. The summed E-state index contributed by atoms with van der Waals surface area (Å²) in [5, 5.41) is 9.06. The van der Waals surface area contributed by atoms with Gasteiger partial charge in [0.15, 0.2) is 0 Å². The summed E-state index contributed by atoms with van der Waals surface area (Å²) in [6.45, 7) is 8.09. The SMILES string of the molecule is CC(C)[C@@H]1CC[C@@H](C)C[C@H]1OC(=O)OC[C@H](C)O. The number of carbonyl (C=O) groups excluding carboxylic acids is 1. The highest BCUT2D eigenvalue weighted by atomic mass is 16.7. The van der Waals surface area contributed by atoms with Crippen molar-refractivity contribution in [1.82, 2.24) is 0 Å². The first-order valence-electron chi connectivity index (χ1n) is 6.91. The molecule has 0 aromatic heterocycles. The van der Waals surface area contributed by atoms with Crippen LogP contribution in [0.5, 0.6) is 0 Å². The molecule has 1 fully saturated rings. The van der Waals surface area contributed by atoms with Crippen molar-refractivity contribution in [2.45, 2.75) is 59.2 Å². The van der Waals surface area contributed by atoms with Crippen LogP contribution >= 0.6 is 0 Å². The summed E-state index contributed by atoms with van der Waals surface area (Å²) < 4.78 is 10.3. The zero-order valence-electron chi connectivity index (χ0n) is 11.9. The van der Waals surface area contributed by atoms with Gasteiger partial charge >= 0.3 is 6.16 Å². The van der Waals surface area contributed by atoms with Crippen LogP contribution in [0.15, 0.2) is 0 Å². The van der Waals surface area contributed by atoms with Crippen LogP contribution in [0.3, 0.4) is 0 Å². The molecule has 0 unspecified atom stereocenters. The van der Waals surface area contributed by atoms with Crippen LogP contribution in [0.4, 0.5) is 4.79 Å². The number of carbonyl (C=O) groups is 1. The molecule has 0 aromatic rings. The van der Waals surface area contributed by atoms with Crippen molar-refractivity contribution in [3.8, 4) is 0 Å². The van der Waals surface area contributed by atoms with Gasteiger partial charge in [0.25, 0.3) is 0 Å². The summed E-state index contributed by atoms with van der Waals surface area (Å²) in [6, 6.07) is 0. The molecule has 4 heteroatoms. The molecule has 0 aliphatic heterocycles. The Balaban J connectivity index is 2.47. The van der Waals surface area contributed by atoms with Gasteiger partial charge in [0.1, 0.15) is 12.7 Å². The first-order valence-corrected chi connectivity index (χ1v) is 6.91. The fraction of sp³-hybridized carbons (Fsp3) is 0.929. The number of aliphatic hydroxyl groups excluding tert-OH is 1. The van der Waals surface area contributed by atoms with Crippen molar-refractivity contribution in [2.75, 3.05) is 6.61 Å². The van der Waals surface area contributed by atoms with Gasteiger partial charge in [-0.2, -0.15) is 0 Å². The molecule has 1 saturated carbocycles. The van der Waals surface area contributed by atoms with Gasteiger partial charge in [-0.15, -0.1) is 0 Å². The molecule has 0 heterocycles. The van der Waals surface area contributed by atoms with Crippen LogP contribution in [-0.4, -0.2) is 30.1 Å². The molecular weight excluding hydrogens is 232 g/mol. The average molecular weight is 258 g/mol. The highest BCUT2D eigenvalue weighted by Crippen LogP contribution is 2.35. The summed E-state index contributed by atoms with van der Waals surface area (Å²) in [6.07, 6.45) is 1.87. The second-order valence-corrected chi connectivity index (χ2v) is 5.89. The lowest BCUT2D eigenvalue weighted by atomic mass is 9.75. The molecule has 0 amide bonds. The molecule has 1 aliphatic carbocycles. The van der Waals surface area contributed by atoms with E-state index in [4.69, 9.17) is 14.6 Å². The van der Waals surface area contributed by atoms with E-state index in [0.29, 0.717) is 17.8 Å². The molecule has 0 spiro atoms. The zero-order valence-corrected chi connectivity index (χ0v) is 11.9. The Bertz CT molecular complexity index is 263. The third-order valence-electron chi connectivity index (χ3n) is 3.65. The lowest BCUT2D eigenvalue weighted by Crippen LogP contribution is -2.36. The molecule has 0 radical (unpaired) electrons. The molecular formula is C14H26O4. The summed E-state index contributed by atoms with van der Waals surface area (Å²) >= 11 is 0. The Hall–Kier alpha value is -0.770. The maximum Gasteiger partial charge on any atom is 0.508 e. The maximum absolute atomic E-state index is 11.5. The van der Waals surface area contributed by atoms with Crippen molar-refractivity contribution >= 4 is 6.16 Å². The highest BCUT2D eigenvalue weighted by Gasteiger charge is 2.33. The molecule has 0 bridgehead atoms. The smallest absolute Gasteiger partial charge is 0.432 e. The highest BCUT2D eigenvalue weighted by molar-refractivity contribution is 5.60. The van der Waals surface area contributed by atoms with Crippen molar-refractivity contribution in [3.05, 3.63) is 0 Å². The minimum Gasteiger partial charge on any atom is -0.432 e.